The van der Waals surface area contributed by atoms with Crippen molar-refractivity contribution in [2.75, 3.05) is 0 Å². The highest BCUT2D eigenvalue weighted by molar-refractivity contribution is 5.97. The van der Waals surface area contributed by atoms with E-state index in [0.717, 1.165) is 105 Å². The summed E-state index contributed by atoms with van der Waals surface area (Å²) in [5.41, 5.74) is 9.93. The fraction of sp³-hybridized carbons (Fsp3) is 0.529. The van der Waals surface area contributed by atoms with Crippen molar-refractivity contribution in [2.24, 2.45) is 61.6 Å². The minimum atomic E-state index is -2.62. The quantitative estimate of drug-likeness (QED) is 0.179. The summed E-state index contributed by atoms with van der Waals surface area (Å²) in [4.78, 5) is 15.2. The molecule has 61 heavy (non-hydrogen) atoms. The summed E-state index contributed by atoms with van der Waals surface area (Å²) in [5, 5.41) is 18.2. The number of hydrogen-bond acceptors (Lipinski definition) is 6. The highest BCUT2D eigenvalue weighted by Crippen LogP contribution is 2.68. The number of rotatable bonds is 6. The van der Waals surface area contributed by atoms with Gasteiger partial charge in [0.2, 0.25) is 0 Å². The molecule has 2 aromatic heterocycles. The van der Waals surface area contributed by atoms with Crippen molar-refractivity contribution in [3.63, 3.8) is 0 Å². The molecule has 6 nitrogen and oxygen atoms in total. The largest absolute Gasteiger partial charge is 0.411 e. The molecule has 0 aromatic carbocycles. The second-order valence-corrected chi connectivity index (χ2v) is 20.4. The van der Waals surface area contributed by atoms with Gasteiger partial charge in [-0.15, -0.1) is 0 Å². The van der Waals surface area contributed by atoms with E-state index in [1.54, 1.807) is 24.5 Å². The molecule has 0 radical (unpaired) electrons. The van der Waals surface area contributed by atoms with E-state index in [1.807, 2.05) is 0 Å². The molecule has 1 unspecified atom stereocenters. The summed E-state index contributed by atoms with van der Waals surface area (Å²) in [7, 11) is 0. The number of alkyl halides is 4. The average molecular weight is 833 g/mol. The zero-order valence-corrected chi connectivity index (χ0v) is 35.8. The van der Waals surface area contributed by atoms with Crippen molar-refractivity contribution < 1.29 is 27.6 Å². The Hall–Kier alpha value is -4.60. The van der Waals surface area contributed by atoms with Crippen LogP contribution in [0.15, 0.2) is 106 Å². The maximum absolute atomic E-state index is 14.0. The van der Waals surface area contributed by atoms with Gasteiger partial charge in [-0.3, -0.25) is 9.97 Å². The van der Waals surface area contributed by atoms with Crippen LogP contribution in [0.2, 0.25) is 0 Å². The molecule has 1 N–H and O–H groups in total. The first-order chi connectivity index (χ1) is 29.2. The average Bonchev–Trinajstić information content (AvgIpc) is 3.77. The fourth-order valence-electron chi connectivity index (χ4n) is 14.3. The molecule has 0 amide bonds. The Morgan fingerprint density at radius 2 is 1.33 bits per heavy atom. The fourth-order valence-corrected chi connectivity index (χ4v) is 14.3. The second-order valence-electron chi connectivity index (χ2n) is 20.4. The molecule has 8 aliphatic carbocycles. The topological polar surface area (TPSA) is 80.0 Å². The van der Waals surface area contributed by atoms with E-state index in [2.05, 4.69) is 80.1 Å². The zero-order chi connectivity index (χ0) is 42.6. The van der Waals surface area contributed by atoms with Gasteiger partial charge in [-0.2, -0.15) is 0 Å². The minimum Gasteiger partial charge on any atom is -0.411 e. The first-order valence-electron chi connectivity index (χ1n) is 22.4. The van der Waals surface area contributed by atoms with Crippen LogP contribution in [0.5, 0.6) is 0 Å². The Bertz CT molecular complexity index is 2440. The van der Waals surface area contributed by atoms with Crippen molar-refractivity contribution >= 4 is 22.6 Å². The molecule has 4 fully saturated rings. The Kier molecular flexibility index (Phi) is 9.61. The van der Waals surface area contributed by atoms with Crippen molar-refractivity contribution in [2.45, 2.75) is 118 Å². The van der Waals surface area contributed by atoms with E-state index in [0.29, 0.717) is 29.2 Å². The van der Waals surface area contributed by atoms with Crippen LogP contribution in [-0.4, -0.2) is 26.6 Å². The van der Waals surface area contributed by atoms with Crippen LogP contribution in [-0.2, 0) is 4.84 Å². The van der Waals surface area contributed by atoms with Crippen molar-refractivity contribution in [3.8, 4) is 0 Å². The van der Waals surface area contributed by atoms with E-state index in [9.17, 15) is 22.8 Å². The molecule has 10 rings (SSSR count). The van der Waals surface area contributed by atoms with Crippen LogP contribution < -0.4 is 0 Å². The van der Waals surface area contributed by atoms with E-state index < -0.39 is 18.3 Å². The lowest BCUT2D eigenvalue weighted by atomic mass is 9.46. The number of pyridine rings is 2. The number of allylic oxidation sites excluding steroid dienone is 11. The lowest BCUT2D eigenvalue weighted by molar-refractivity contribution is 0.0530. The molecule has 0 spiro atoms. The molecule has 0 saturated heterocycles. The van der Waals surface area contributed by atoms with Gasteiger partial charge in [0.1, 0.15) is 0 Å². The smallest absolute Gasteiger partial charge is 0.265 e. The third kappa shape index (κ3) is 6.14. The predicted molar refractivity (Wildman–Crippen MR) is 230 cm³/mol. The normalized spacial score (nSPS) is 37.8. The monoisotopic (exact) mass is 832 g/mol. The summed E-state index contributed by atoms with van der Waals surface area (Å²) >= 11 is 0. The lowest BCUT2D eigenvalue weighted by Crippen LogP contribution is -2.49. The Balaban J connectivity index is 0.957. The molecule has 2 heterocycles. The van der Waals surface area contributed by atoms with Gasteiger partial charge in [-0.05, 0) is 169 Å². The van der Waals surface area contributed by atoms with Crippen molar-refractivity contribution in [3.05, 3.63) is 118 Å². The molecule has 0 aliphatic heterocycles. The van der Waals surface area contributed by atoms with Gasteiger partial charge < -0.3 is 10.0 Å². The maximum atomic E-state index is 14.0. The van der Waals surface area contributed by atoms with Crippen LogP contribution >= 0.6 is 0 Å². The predicted octanol–water partition coefficient (Wildman–Crippen LogP) is 13.6. The summed E-state index contributed by atoms with van der Waals surface area (Å²) < 4.78 is 55.4. The molecule has 2 aromatic rings. The molecule has 8 aliphatic rings. The second kappa shape index (κ2) is 14.5. The highest BCUT2D eigenvalue weighted by atomic mass is 19.3. The number of fused-ring (bicyclic) bond motifs is 10. The van der Waals surface area contributed by atoms with E-state index in [4.69, 9.17) is 9.99 Å². The number of aromatic nitrogens is 2. The van der Waals surface area contributed by atoms with Crippen LogP contribution in [0.4, 0.5) is 17.6 Å². The Morgan fingerprint density at radius 1 is 0.689 bits per heavy atom. The van der Waals surface area contributed by atoms with Crippen LogP contribution in [0.1, 0.15) is 140 Å². The van der Waals surface area contributed by atoms with E-state index in [1.165, 1.54) is 34.7 Å². The van der Waals surface area contributed by atoms with Crippen molar-refractivity contribution in [1.82, 2.24) is 9.97 Å². The first kappa shape index (κ1) is 40.5. The molecule has 4 saturated carbocycles. The van der Waals surface area contributed by atoms with Crippen LogP contribution in [0, 0.1) is 51.2 Å². The van der Waals surface area contributed by atoms with Gasteiger partial charge in [-0.1, -0.05) is 73.8 Å². The number of oxime groups is 2. The molecular formula is C51H56F4N4O2. The van der Waals surface area contributed by atoms with Crippen LogP contribution in [0.3, 0.4) is 0 Å². The van der Waals surface area contributed by atoms with Crippen LogP contribution in [0.25, 0.3) is 11.1 Å². The SMILES string of the molecule is CC1C[C@H]2C3=CC=C(c4cncc(C(F)F)c4)[C@@]3(C)CC[C@@H]2[C@@]2(C)CC/C(=N\OC3=C4[C@@H]5CCC6=C/C(=N/O)CC[C@]6(C)[C@H]5CC[C@]4(C)C(c4cncc(C(F)F)c4)=C3)C=C12. The Labute approximate surface area is 356 Å². The van der Waals surface area contributed by atoms with Gasteiger partial charge in [0.15, 0.2) is 5.76 Å². The summed E-state index contributed by atoms with van der Waals surface area (Å²) in [5.74, 6) is 2.52. The number of halogens is 4. The molecule has 10 heteroatoms. The minimum absolute atomic E-state index is 0.00695. The van der Waals surface area contributed by atoms with Gasteiger partial charge in [0, 0.05) is 46.7 Å². The van der Waals surface area contributed by atoms with E-state index >= 15 is 0 Å². The van der Waals surface area contributed by atoms with Gasteiger partial charge in [0.05, 0.1) is 11.4 Å². The summed E-state index contributed by atoms with van der Waals surface area (Å²) in [6.45, 7) is 11.7. The van der Waals surface area contributed by atoms with Crippen molar-refractivity contribution in [1.29, 1.82) is 0 Å². The standard InChI is InChI=1S/C51H56F4N4O2/c1-28-18-37-39-9-8-38(29-19-31(46(52)53)26-56-24-29)49(39,3)16-12-41(37)50(4)15-11-35(22-42(28)50)59-61-44-23-43(30-20-32(47(54)55)27-57-25-30)51(5)17-13-40-36(45(44)51)7-6-33-21-34(58-60)10-14-48(33,40)2/h8-9,19-28,36-37,40-41,46-47,60H,6-7,10-18H2,1-5H3/b58-34+,59-35+/t28?,36-,37+,40+,41+,48+,49-,50-,51-/m1/s1. The first-order valence-corrected chi connectivity index (χ1v) is 22.4. The summed E-state index contributed by atoms with van der Waals surface area (Å²) in [6, 6.07) is 3.20. The van der Waals surface area contributed by atoms with Gasteiger partial charge in [-0.25, -0.2) is 17.6 Å². The Morgan fingerprint density at radius 3 is 2.02 bits per heavy atom. The molecule has 0 bridgehead atoms. The third-order valence-electron chi connectivity index (χ3n) is 17.4. The highest BCUT2D eigenvalue weighted by Gasteiger charge is 2.58. The summed E-state index contributed by atoms with van der Waals surface area (Å²) in [6.07, 6.45) is 21.9. The molecule has 9 atom stereocenters. The van der Waals surface area contributed by atoms with Gasteiger partial charge in [0.25, 0.3) is 12.9 Å². The molecule has 320 valence electrons. The number of nitrogens with zero attached hydrogens (tertiary/aromatic N) is 4. The molecular weight excluding hydrogens is 777 g/mol. The third-order valence-corrected chi connectivity index (χ3v) is 17.4. The zero-order valence-electron chi connectivity index (χ0n) is 35.8. The van der Waals surface area contributed by atoms with E-state index in [-0.39, 0.29) is 33.3 Å². The maximum Gasteiger partial charge on any atom is 0.265 e. The lowest BCUT2D eigenvalue weighted by Gasteiger charge is -2.58. The number of hydrogen-bond donors (Lipinski definition) is 1. The van der Waals surface area contributed by atoms with Gasteiger partial charge >= 0.3 is 0 Å².